The van der Waals surface area contributed by atoms with Gasteiger partial charge in [-0.2, -0.15) is 0 Å². The van der Waals surface area contributed by atoms with Gasteiger partial charge < -0.3 is 10.7 Å². The molecule has 2 heterocycles. The minimum Gasteiger partial charge on any atom is -0.384 e. The molecule has 0 fully saturated rings. The van der Waals surface area contributed by atoms with Crippen LogP contribution >= 0.6 is 11.8 Å². The van der Waals surface area contributed by atoms with E-state index in [-0.39, 0.29) is 0 Å². The molecule has 0 aliphatic carbocycles. The number of aromatic nitrogens is 4. The molecule has 6 heteroatoms. The molecular formula is C14H15N5S. The average Bonchev–Trinajstić information content (AvgIpc) is 2.79. The summed E-state index contributed by atoms with van der Waals surface area (Å²) in [5.74, 6) is 1.24. The molecule has 0 unspecified atom stereocenters. The molecule has 5 nitrogen and oxygen atoms in total. The molecule has 0 aliphatic rings. The largest absolute Gasteiger partial charge is 0.384 e. The first-order chi connectivity index (χ1) is 9.64. The van der Waals surface area contributed by atoms with Gasteiger partial charge in [-0.15, -0.1) is 0 Å². The number of H-pyrrole nitrogens is 1. The van der Waals surface area contributed by atoms with E-state index in [0.29, 0.717) is 5.82 Å². The number of hydrogen-bond donors (Lipinski definition) is 2. The number of rotatable bonds is 3. The van der Waals surface area contributed by atoms with Crippen molar-refractivity contribution in [3.05, 3.63) is 35.7 Å². The number of nitrogens with zero attached hydrogens (tertiary/aromatic N) is 3. The van der Waals surface area contributed by atoms with Crippen LogP contribution < -0.4 is 5.73 Å². The molecule has 0 radical (unpaired) electrons. The predicted octanol–water partition coefficient (Wildman–Crippen LogP) is 2.96. The molecule has 0 saturated heterocycles. The van der Waals surface area contributed by atoms with Crippen LogP contribution in [0.5, 0.6) is 0 Å². The number of fused-ring (bicyclic) bond motifs is 1. The SMILES string of the molecule is CCc1nc(N)cc(Sc2nc3ccc(C)cc3[nH]2)n1. The Morgan fingerprint density at radius 1 is 1.20 bits per heavy atom. The van der Waals surface area contributed by atoms with Gasteiger partial charge in [0.1, 0.15) is 16.7 Å². The number of benzene rings is 1. The molecule has 0 aliphatic heterocycles. The lowest BCUT2D eigenvalue weighted by Gasteiger charge is -2.01. The molecule has 0 atom stereocenters. The van der Waals surface area contributed by atoms with Crippen LogP contribution in [0.3, 0.4) is 0 Å². The first-order valence-electron chi connectivity index (χ1n) is 6.41. The Bertz CT molecular complexity index is 765. The van der Waals surface area contributed by atoms with Crippen molar-refractivity contribution in [2.24, 2.45) is 0 Å². The lowest BCUT2D eigenvalue weighted by Crippen LogP contribution is -1.99. The van der Waals surface area contributed by atoms with Crippen molar-refractivity contribution >= 4 is 28.6 Å². The number of imidazole rings is 1. The molecule has 0 spiro atoms. The highest BCUT2D eigenvalue weighted by Gasteiger charge is 2.08. The second-order valence-corrected chi connectivity index (χ2v) is 5.57. The lowest BCUT2D eigenvalue weighted by molar-refractivity contribution is 0.892. The quantitative estimate of drug-likeness (QED) is 0.723. The van der Waals surface area contributed by atoms with Crippen LogP contribution in [0, 0.1) is 6.92 Å². The van der Waals surface area contributed by atoms with Gasteiger partial charge in [0, 0.05) is 12.5 Å². The number of nitrogens with one attached hydrogen (secondary N) is 1. The number of nitrogen functional groups attached to an aromatic ring is 1. The van der Waals surface area contributed by atoms with Crippen LogP contribution in [0.15, 0.2) is 34.4 Å². The molecule has 3 aromatic rings. The van der Waals surface area contributed by atoms with E-state index in [4.69, 9.17) is 5.73 Å². The van der Waals surface area contributed by atoms with E-state index < -0.39 is 0 Å². The van der Waals surface area contributed by atoms with Crippen molar-refractivity contribution in [2.75, 3.05) is 5.73 Å². The van der Waals surface area contributed by atoms with Gasteiger partial charge in [0.15, 0.2) is 5.16 Å². The smallest absolute Gasteiger partial charge is 0.172 e. The monoisotopic (exact) mass is 285 g/mol. The van der Waals surface area contributed by atoms with Gasteiger partial charge in [-0.3, -0.25) is 0 Å². The maximum atomic E-state index is 5.79. The van der Waals surface area contributed by atoms with Gasteiger partial charge in [-0.05, 0) is 36.4 Å². The van der Waals surface area contributed by atoms with Gasteiger partial charge in [0.05, 0.1) is 11.0 Å². The fourth-order valence-corrected chi connectivity index (χ4v) is 2.78. The Labute approximate surface area is 121 Å². The van der Waals surface area contributed by atoms with Crippen LogP contribution in [0.4, 0.5) is 5.82 Å². The van der Waals surface area contributed by atoms with E-state index in [1.54, 1.807) is 6.07 Å². The number of anilines is 1. The van der Waals surface area contributed by atoms with E-state index in [2.05, 4.69) is 39.0 Å². The standard InChI is InChI=1S/C14H15N5S/c1-3-12-18-11(15)7-13(19-12)20-14-16-9-5-4-8(2)6-10(9)17-14/h4-7H,3H2,1-2H3,(H,16,17)(H2,15,18,19). The highest BCUT2D eigenvalue weighted by Crippen LogP contribution is 2.27. The first-order valence-corrected chi connectivity index (χ1v) is 7.23. The zero-order chi connectivity index (χ0) is 14.1. The highest BCUT2D eigenvalue weighted by molar-refractivity contribution is 7.99. The van der Waals surface area contributed by atoms with E-state index in [1.165, 1.54) is 17.3 Å². The third kappa shape index (κ3) is 2.60. The van der Waals surface area contributed by atoms with Crippen LogP contribution in [0.25, 0.3) is 11.0 Å². The second kappa shape index (κ2) is 5.13. The Kier molecular flexibility index (Phi) is 3.31. The normalized spacial score (nSPS) is 11.1. The van der Waals surface area contributed by atoms with E-state index in [9.17, 15) is 0 Å². The minimum absolute atomic E-state index is 0.492. The summed E-state index contributed by atoms with van der Waals surface area (Å²) in [7, 11) is 0. The highest BCUT2D eigenvalue weighted by atomic mass is 32.2. The molecule has 102 valence electrons. The van der Waals surface area contributed by atoms with E-state index in [1.807, 2.05) is 13.0 Å². The second-order valence-electron chi connectivity index (χ2n) is 4.57. The molecule has 1 aromatic carbocycles. The fraction of sp³-hybridized carbons (Fsp3) is 0.214. The molecule has 20 heavy (non-hydrogen) atoms. The summed E-state index contributed by atoms with van der Waals surface area (Å²) in [5, 5.41) is 1.62. The summed E-state index contributed by atoms with van der Waals surface area (Å²) < 4.78 is 0. The first kappa shape index (κ1) is 12.9. The van der Waals surface area contributed by atoms with Gasteiger partial charge in [-0.25, -0.2) is 15.0 Å². The number of aromatic amines is 1. The fourth-order valence-electron chi connectivity index (χ4n) is 1.95. The zero-order valence-corrected chi connectivity index (χ0v) is 12.2. The molecular weight excluding hydrogens is 270 g/mol. The summed E-state index contributed by atoms with van der Waals surface area (Å²) >= 11 is 1.47. The third-order valence-corrected chi connectivity index (χ3v) is 3.71. The Balaban J connectivity index is 1.94. The predicted molar refractivity (Wildman–Crippen MR) is 80.8 cm³/mol. The van der Waals surface area contributed by atoms with Crippen molar-refractivity contribution in [2.45, 2.75) is 30.5 Å². The Hall–Kier alpha value is -2.08. The third-order valence-electron chi connectivity index (χ3n) is 2.90. The summed E-state index contributed by atoms with van der Waals surface area (Å²) in [5.41, 5.74) is 8.98. The van der Waals surface area contributed by atoms with Gasteiger partial charge in [0.25, 0.3) is 0 Å². The van der Waals surface area contributed by atoms with Crippen molar-refractivity contribution in [3.63, 3.8) is 0 Å². The molecule has 0 bridgehead atoms. The van der Waals surface area contributed by atoms with Crippen molar-refractivity contribution < 1.29 is 0 Å². The van der Waals surface area contributed by atoms with Crippen molar-refractivity contribution in [1.82, 2.24) is 19.9 Å². The maximum absolute atomic E-state index is 5.79. The average molecular weight is 285 g/mol. The molecule has 3 N–H and O–H groups in total. The van der Waals surface area contributed by atoms with Gasteiger partial charge >= 0.3 is 0 Å². The topological polar surface area (TPSA) is 80.5 Å². The summed E-state index contributed by atoms with van der Waals surface area (Å²) in [4.78, 5) is 16.5. The van der Waals surface area contributed by atoms with Crippen LogP contribution in [0.1, 0.15) is 18.3 Å². The van der Waals surface area contributed by atoms with Gasteiger partial charge in [-0.1, -0.05) is 13.0 Å². The summed E-state index contributed by atoms with van der Waals surface area (Å²) in [6.45, 7) is 4.07. The summed E-state index contributed by atoms with van der Waals surface area (Å²) in [6.07, 6.45) is 0.762. The summed E-state index contributed by atoms with van der Waals surface area (Å²) in [6, 6.07) is 7.91. The zero-order valence-electron chi connectivity index (χ0n) is 11.3. The van der Waals surface area contributed by atoms with Crippen LogP contribution in [-0.2, 0) is 6.42 Å². The van der Waals surface area contributed by atoms with Crippen molar-refractivity contribution in [3.8, 4) is 0 Å². The molecule has 3 rings (SSSR count). The Morgan fingerprint density at radius 2 is 2.05 bits per heavy atom. The molecule has 0 saturated carbocycles. The minimum atomic E-state index is 0.492. The maximum Gasteiger partial charge on any atom is 0.172 e. The van der Waals surface area contributed by atoms with E-state index >= 15 is 0 Å². The van der Waals surface area contributed by atoms with E-state index in [0.717, 1.165) is 33.5 Å². The molecule has 0 amide bonds. The number of nitrogens with two attached hydrogens (primary N) is 1. The van der Waals surface area contributed by atoms with Crippen LogP contribution in [0.2, 0.25) is 0 Å². The number of aryl methyl sites for hydroxylation is 2. The lowest BCUT2D eigenvalue weighted by atomic mass is 10.2. The van der Waals surface area contributed by atoms with Gasteiger partial charge in [0.2, 0.25) is 0 Å². The Morgan fingerprint density at radius 3 is 2.85 bits per heavy atom. The number of hydrogen-bond acceptors (Lipinski definition) is 5. The molecule has 2 aromatic heterocycles. The van der Waals surface area contributed by atoms with Crippen LogP contribution in [-0.4, -0.2) is 19.9 Å². The van der Waals surface area contributed by atoms with Crippen molar-refractivity contribution in [1.29, 1.82) is 0 Å².